The van der Waals surface area contributed by atoms with Crippen molar-refractivity contribution in [3.63, 3.8) is 0 Å². The van der Waals surface area contributed by atoms with Gasteiger partial charge in [0.2, 0.25) is 0 Å². The molecule has 1 heterocycles. The second-order valence-electron chi connectivity index (χ2n) is 5.39. The van der Waals surface area contributed by atoms with E-state index in [1.54, 1.807) is 0 Å². The Morgan fingerprint density at radius 3 is 1.73 bits per heavy atom. The Labute approximate surface area is 136 Å². The van der Waals surface area contributed by atoms with E-state index in [-0.39, 0.29) is 0 Å². The maximum Gasteiger partial charge on any atom is 0.0481 e. The van der Waals surface area contributed by atoms with Crippen LogP contribution in [0.1, 0.15) is 56.0 Å². The predicted molar refractivity (Wildman–Crippen MR) is 96.3 cm³/mol. The molecule has 2 nitrogen and oxygen atoms in total. The first kappa shape index (κ1) is 20.3. The van der Waals surface area contributed by atoms with Crippen LogP contribution in [0.25, 0.3) is 0 Å². The monoisotopic (exact) mass is 301 g/mol. The zero-order valence-electron chi connectivity index (χ0n) is 15.1. The average molecular weight is 301 g/mol. The number of hydrogen-bond donors (Lipinski definition) is 1. The first-order valence-corrected chi connectivity index (χ1v) is 8.02. The fourth-order valence-electron chi connectivity index (χ4n) is 2.33. The summed E-state index contributed by atoms with van der Waals surface area (Å²) in [5.41, 5.74) is 5.04. The molecule has 0 radical (unpaired) electrons. The number of aromatic nitrogens is 1. The van der Waals surface area contributed by atoms with Crippen molar-refractivity contribution in [1.29, 1.82) is 0 Å². The second kappa shape index (κ2) is 11.0. The van der Waals surface area contributed by atoms with Crippen LogP contribution >= 0.6 is 0 Å². The van der Waals surface area contributed by atoms with Crippen LogP contribution in [0.5, 0.6) is 0 Å². The summed E-state index contributed by atoms with van der Waals surface area (Å²) >= 11 is 0. The van der Waals surface area contributed by atoms with Gasteiger partial charge in [-0.3, -0.25) is 4.98 Å². The summed E-state index contributed by atoms with van der Waals surface area (Å²) in [6.07, 6.45) is 1.96. The highest BCUT2D eigenvalue weighted by Gasteiger charge is 2.19. The van der Waals surface area contributed by atoms with Gasteiger partial charge in [-0.25, -0.2) is 0 Å². The van der Waals surface area contributed by atoms with E-state index in [4.69, 9.17) is 5.11 Å². The Kier molecular flexibility index (Phi) is 10.1. The first-order valence-electron chi connectivity index (χ1n) is 8.02. The Hall–Kier alpha value is -1.67. The van der Waals surface area contributed by atoms with Gasteiger partial charge >= 0.3 is 0 Å². The molecule has 0 saturated carbocycles. The standard InChI is InChI=1S/C17H21N.C2H6.CH4O/c1-12(2)17(15-8-5-13(3)6-9-15)16-10-7-14(4)11-18-16;2*1-2/h5-12,17H,1-4H3;1-2H3;2H,1H3. The lowest BCUT2D eigenvalue weighted by molar-refractivity contribution is 0.399. The minimum Gasteiger partial charge on any atom is -0.400 e. The molecular formula is C20H31NO. The molecule has 0 aliphatic heterocycles. The molecule has 1 aromatic heterocycles. The van der Waals surface area contributed by atoms with Crippen molar-refractivity contribution < 1.29 is 5.11 Å². The number of nitrogens with zero attached hydrogens (tertiary/aromatic N) is 1. The van der Waals surface area contributed by atoms with Gasteiger partial charge in [0.15, 0.2) is 0 Å². The van der Waals surface area contributed by atoms with E-state index >= 15 is 0 Å². The van der Waals surface area contributed by atoms with E-state index in [0.717, 1.165) is 7.11 Å². The van der Waals surface area contributed by atoms with Crippen molar-refractivity contribution in [2.75, 3.05) is 7.11 Å². The fraction of sp³-hybridized carbons (Fsp3) is 0.450. The highest BCUT2D eigenvalue weighted by atomic mass is 16.2. The third-order valence-electron chi connectivity index (χ3n) is 3.36. The van der Waals surface area contributed by atoms with Crippen LogP contribution in [0.4, 0.5) is 0 Å². The molecule has 0 amide bonds. The third-order valence-corrected chi connectivity index (χ3v) is 3.36. The predicted octanol–water partition coefficient (Wildman–Crippen LogP) is 5.12. The van der Waals surface area contributed by atoms with Crippen molar-refractivity contribution in [3.8, 4) is 0 Å². The normalized spacial score (nSPS) is 11.0. The van der Waals surface area contributed by atoms with E-state index in [2.05, 4.69) is 69.1 Å². The lowest BCUT2D eigenvalue weighted by Gasteiger charge is -2.21. The lowest BCUT2D eigenvalue weighted by Crippen LogP contribution is -2.10. The van der Waals surface area contributed by atoms with E-state index in [1.807, 2.05) is 20.0 Å². The molecule has 1 aromatic carbocycles. The largest absolute Gasteiger partial charge is 0.400 e. The van der Waals surface area contributed by atoms with Gasteiger partial charge in [0.1, 0.15) is 0 Å². The van der Waals surface area contributed by atoms with Crippen molar-refractivity contribution >= 4 is 0 Å². The Balaban J connectivity index is 0.00000102. The quantitative estimate of drug-likeness (QED) is 0.853. The van der Waals surface area contributed by atoms with Gasteiger partial charge in [0.05, 0.1) is 0 Å². The third kappa shape index (κ3) is 5.98. The van der Waals surface area contributed by atoms with Crippen LogP contribution < -0.4 is 0 Å². The van der Waals surface area contributed by atoms with Crippen LogP contribution in [-0.4, -0.2) is 17.2 Å². The van der Waals surface area contributed by atoms with Crippen molar-refractivity contribution in [2.45, 2.75) is 47.5 Å². The molecule has 122 valence electrons. The number of aryl methyl sites for hydroxylation is 2. The maximum atomic E-state index is 7.00. The van der Waals surface area contributed by atoms with E-state index < -0.39 is 0 Å². The van der Waals surface area contributed by atoms with Crippen molar-refractivity contribution in [3.05, 3.63) is 65.0 Å². The summed E-state index contributed by atoms with van der Waals surface area (Å²) < 4.78 is 0. The zero-order chi connectivity index (χ0) is 17.1. The summed E-state index contributed by atoms with van der Waals surface area (Å²) in [6.45, 7) is 12.7. The van der Waals surface area contributed by atoms with Crippen LogP contribution in [-0.2, 0) is 0 Å². The van der Waals surface area contributed by atoms with Crippen molar-refractivity contribution in [1.82, 2.24) is 4.98 Å². The lowest BCUT2D eigenvalue weighted by atomic mass is 9.85. The molecule has 0 aliphatic rings. The minimum atomic E-state index is 0.381. The zero-order valence-corrected chi connectivity index (χ0v) is 15.1. The molecule has 1 atom stereocenters. The van der Waals surface area contributed by atoms with E-state index in [0.29, 0.717) is 11.8 Å². The Morgan fingerprint density at radius 1 is 0.818 bits per heavy atom. The molecule has 0 spiro atoms. The number of aliphatic hydroxyl groups is 1. The summed E-state index contributed by atoms with van der Waals surface area (Å²) in [5, 5.41) is 7.00. The van der Waals surface area contributed by atoms with Gasteiger partial charge < -0.3 is 5.11 Å². The van der Waals surface area contributed by atoms with Gasteiger partial charge in [-0.1, -0.05) is 63.6 Å². The molecule has 1 unspecified atom stereocenters. The molecule has 1 N–H and O–H groups in total. The van der Waals surface area contributed by atoms with Gasteiger partial charge in [0.25, 0.3) is 0 Å². The number of aliphatic hydroxyl groups excluding tert-OH is 1. The smallest absolute Gasteiger partial charge is 0.0481 e. The van der Waals surface area contributed by atoms with Crippen molar-refractivity contribution in [2.24, 2.45) is 5.92 Å². The summed E-state index contributed by atoms with van der Waals surface area (Å²) in [5.74, 6) is 0.925. The highest BCUT2D eigenvalue weighted by molar-refractivity contribution is 5.32. The van der Waals surface area contributed by atoms with Gasteiger partial charge in [-0.2, -0.15) is 0 Å². The SMILES string of the molecule is CC.CO.Cc1ccc(C(c2ccc(C)cn2)C(C)C)cc1. The Morgan fingerprint density at radius 2 is 1.32 bits per heavy atom. The summed E-state index contributed by atoms with van der Waals surface area (Å²) in [6, 6.07) is 13.1. The van der Waals surface area contributed by atoms with Crippen LogP contribution in [0.15, 0.2) is 42.6 Å². The fourth-order valence-corrected chi connectivity index (χ4v) is 2.33. The average Bonchev–Trinajstić information content (AvgIpc) is 2.55. The maximum absolute atomic E-state index is 7.00. The Bertz CT molecular complexity index is 455. The minimum absolute atomic E-state index is 0.381. The first-order chi connectivity index (χ1) is 10.6. The van der Waals surface area contributed by atoms with Crippen LogP contribution in [0.2, 0.25) is 0 Å². The second-order valence-corrected chi connectivity index (χ2v) is 5.39. The van der Waals surface area contributed by atoms with E-state index in [9.17, 15) is 0 Å². The van der Waals surface area contributed by atoms with Crippen LogP contribution in [0.3, 0.4) is 0 Å². The number of pyridine rings is 1. The summed E-state index contributed by atoms with van der Waals surface area (Å²) in [4.78, 5) is 4.60. The van der Waals surface area contributed by atoms with Gasteiger partial charge in [-0.15, -0.1) is 0 Å². The number of hydrogen-bond acceptors (Lipinski definition) is 2. The summed E-state index contributed by atoms with van der Waals surface area (Å²) in [7, 11) is 1.00. The van der Waals surface area contributed by atoms with Gasteiger partial charge in [0, 0.05) is 24.9 Å². The van der Waals surface area contributed by atoms with Gasteiger partial charge in [-0.05, 0) is 37.0 Å². The molecule has 0 aliphatic carbocycles. The molecule has 2 rings (SSSR count). The molecule has 2 heteroatoms. The molecule has 22 heavy (non-hydrogen) atoms. The molecule has 0 fully saturated rings. The number of rotatable bonds is 3. The van der Waals surface area contributed by atoms with Crippen LogP contribution in [0, 0.1) is 19.8 Å². The highest BCUT2D eigenvalue weighted by Crippen LogP contribution is 2.30. The number of benzene rings is 1. The molecule has 2 aromatic rings. The van der Waals surface area contributed by atoms with E-state index in [1.165, 1.54) is 22.4 Å². The molecule has 0 bridgehead atoms. The topological polar surface area (TPSA) is 33.1 Å². The molecule has 0 saturated heterocycles. The molecular weight excluding hydrogens is 270 g/mol.